The Hall–Kier alpha value is -11.7. The normalized spacial score (nSPS) is 15.8. The molecule has 20 rings (SSSR count). The van der Waals surface area contributed by atoms with Crippen LogP contribution in [0.25, 0.3) is 111 Å². The summed E-state index contributed by atoms with van der Waals surface area (Å²) in [6.45, 7) is 26.3. The van der Waals surface area contributed by atoms with Crippen molar-refractivity contribution in [3.05, 3.63) is 331 Å². The van der Waals surface area contributed by atoms with Gasteiger partial charge in [-0.3, -0.25) is 0 Å². The highest BCUT2D eigenvalue weighted by Gasteiger charge is 2.45. The molecule has 0 spiro atoms. The lowest BCUT2D eigenvalue weighted by atomic mass is 9.33. The molecule has 4 heterocycles. The average Bonchev–Trinajstić information content (AvgIpc) is 1.41. The lowest BCUT2D eigenvalue weighted by Gasteiger charge is -2.44. The number of hydrogen-bond acceptors (Lipinski definition) is 2. The van der Waals surface area contributed by atoms with Crippen LogP contribution in [0.3, 0.4) is 0 Å². The Morgan fingerprint density at radius 2 is 0.633 bits per heavy atom. The van der Waals surface area contributed by atoms with Gasteiger partial charge in [-0.1, -0.05) is 288 Å². The Kier molecular flexibility index (Phi) is 15.0. The van der Waals surface area contributed by atoms with E-state index in [1.54, 1.807) is 0 Å². The van der Waals surface area contributed by atoms with Crippen LogP contribution in [0, 0.1) is 0 Å². The monoisotopic (exact) mass is 1410 g/mol. The molecule has 0 radical (unpaired) electrons. The van der Waals surface area contributed by atoms with E-state index in [-0.39, 0.29) is 33.8 Å². The Morgan fingerprint density at radius 1 is 0.257 bits per heavy atom. The van der Waals surface area contributed by atoms with E-state index in [0.717, 1.165) is 69.4 Å². The van der Waals surface area contributed by atoms with Crippen molar-refractivity contribution in [2.45, 2.75) is 129 Å². The third kappa shape index (κ3) is 10.8. The lowest BCUT2D eigenvalue weighted by molar-refractivity contribution is 0.332. The van der Waals surface area contributed by atoms with Gasteiger partial charge in [0.2, 0.25) is 0 Å². The standard InChI is InChI=1S/C104H91BN4/c1-100(2,3)76-28-22-27-70(57-76)75-41-52-95-90(62-75)105-89-49-46-79(108-91-31-20-18-29-81(91)82-30-19-21-32-92(82)108)63-96(89)107(78-44-35-69(36-45-78)74-38-48-86-88(61-74)104(10,11)56-54-102(86,6)7)98-65-80(64-97(99(98)105)106(95)77-42-33-68(34-43-77)73-37-47-85-87(60-73)103(8,9)55-53-101(85,4)5)109-93-50-39-71(66-23-14-12-15-24-66)58-83(93)84-59-72(40-51-94(84)109)67-25-16-13-17-26-67/h12-52,57-65H,53-56H2,1-11H3. The van der Waals surface area contributed by atoms with Crippen LogP contribution in [0.15, 0.2) is 303 Å². The fourth-order valence-corrected chi connectivity index (χ4v) is 19.4. The molecule has 4 aliphatic rings. The highest BCUT2D eigenvalue weighted by atomic mass is 15.2. The third-order valence-electron chi connectivity index (χ3n) is 25.8. The highest BCUT2D eigenvalue weighted by molar-refractivity contribution is 7.00. The van der Waals surface area contributed by atoms with Crippen LogP contribution < -0.4 is 26.2 Å². The SMILES string of the molecule is CC(C)(C)c1cccc(-c2ccc3c(c2)B2c4ccc(-n5c6ccccc6c6ccccc65)cc4N(c4ccc(-c5ccc6c(c5)C(C)(C)CCC6(C)C)cc4)c4cc(-n5c6ccc(-c7ccccc7)cc6c6cc(-c7ccccc7)ccc65)cc(c42)N3c2ccc(-c3ccc4c(c3)C(C)(C)CCC4(C)C)cc2)c1. The summed E-state index contributed by atoms with van der Waals surface area (Å²) in [5.41, 5.74) is 37.1. The molecule has 109 heavy (non-hydrogen) atoms. The van der Waals surface area contributed by atoms with Crippen molar-refractivity contribution >= 4 is 101 Å². The van der Waals surface area contributed by atoms with E-state index in [9.17, 15) is 0 Å². The third-order valence-corrected chi connectivity index (χ3v) is 25.8. The van der Waals surface area contributed by atoms with Crippen molar-refractivity contribution < 1.29 is 0 Å². The number of aromatic nitrogens is 2. The molecule has 0 unspecified atom stereocenters. The molecule has 14 aromatic carbocycles. The molecule has 2 aliphatic carbocycles. The Balaban J connectivity index is 0.878. The largest absolute Gasteiger partial charge is 0.311 e. The van der Waals surface area contributed by atoms with Crippen LogP contribution >= 0.6 is 0 Å². The molecule has 2 aromatic heterocycles. The van der Waals surface area contributed by atoms with Gasteiger partial charge in [0.25, 0.3) is 6.71 Å². The lowest BCUT2D eigenvalue weighted by Crippen LogP contribution is -2.61. The molecule has 5 heteroatoms. The fourth-order valence-electron chi connectivity index (χ4n) is 19.4. The molecule has 0 saturated heterocycles. The number of rotatable bonds is 9. The Morgan fingerprint density at radius 3 is 1.15 bits per heavy atom. The van der Waals surface area contributed by atoms with Crippen LogP contribution in [-0.4, -0.2) is 15.8 Å². The summed E-state index contributed by atoms with van der Waals surface area (Å²) in [6, 6.07) is 117. The van der Waals surface area contributed by atoms with Crippen molar-refractivity contribution in [2.24, 2.45) is 0 Å². The van der Waals surface area contributed by atoms with Crippen LogP contribution in [0.5, 0.6) is 0 Å². The van der Waals surface area contributed by atoms with Gasteiger partial charge >= 0.3 is 0 Å². The molecule has 4 nitrogen and oxygen atoms in total. The van der Waals surface area contributed by atoms with E-state index in [4.69, 9.17) is 0 Å². The molecular formula is C104H91BN4. The average molecular weight is 1410 g/mol. The van der Waals surface area contributed by atoms with Crippen LogP contribution in [0.2, 0.25) is 0 Å². The van der Waals surface area contributed by atoms with Crippen molar-refractivity contribution in [3.8, 4) is 67.0 Å². The maximum absolute atomic E-state index is 2.64. The van der Waals surface area contributed by atoms with Gasteiger partial charge < -0.3 is 18.9 Å². The zero-order valence-electron chi connectivity index (χ0n) is 64.6. The van der Waals surface area contributed by atoms with Gasteiger partial charge in [0.1, 0.15) is 0 Å². The Labute approximate surface area is 642 Å². The zero-order valence-corrected chi connectivity index (χ0v) is 64.6. The number of hydrogen-bond donors (Lipinski definition) is 0. The quantitative estimate of drug-likeness (QED) is 0.134. The highest BCUT2D eigenvalue weighted by Crippen LogP contribution is 2.52. The summed E-state index contributed by atoms with van der Waals surface area (Å²) in [5, 5.41) is 4.89. The van der Waals surface area contributed by atoms with Crippen LogP contribution in [-0.2, 0) is 27.1 Å². The zero-order chi connectivity index (χ0) is 74.2. The number of nitrogens with zero attached hydrogens (tertiary/aromatic N) is 4. The van der Waals surface area contributed by atoms with E-state index >= 15 is 0 Å². The molecule has 0 bridgehead atoms. The second kappa shape index (κ2) is 24.4. The van der Waals surface area contributed by atoms with Gasteiger partial charge in [0.05, 0.1) is 27.8 Å². The Bertz CT molecular complexity index is 6240. The van der Waals surface area contributed by atoms with Crippen molar-refractivity contribution in [3.63, 3.8) is 0 Å². The predicted octanol–water partition coefficient (Wildman–Crippen LogP) is 26.3. The van der Waals surface area contributed by atoms with Gasteiger partial charge in [0, 0.05) is 61.4 Å². The minimum atomic E-state index is -0.195. The molecule has 0 atom stereocenters. The maximum Gasteiger partial charge on any atom is 0.252 e. The number of para-hydroxylation sites is 2. The second-order valence-corrected chi connectivity index (χ2v) is 35.4. The first-order valence-corrected chi connectivity index (χ1v) is 39.5. The maximum atomic E-state index is 2.64. The summed E-state index contributed by atoms with van der Waals surface area (Å²) in [7, 11) is 0. The molecular weight excluding hydrogens is 1320 g/mol. The van der Waals surface area contributed by atoms with Gasteiger partial charge in [-0.15, -0.1) is 0 Å². The van der Waals surface area contributed by atoms with E-state index in [2.05, 4.69) is 398 Å². The first-order chi connectivity index (χ1) is 52.6. The summed E-state index contributed by atoms with van der Waals surface area (Å²) in [6.07, 6.45) is 4.69. The molecule has 0 fully saturated rings. The van der Waals surface area contributed by atoms with E-state index in [1.165, 1.54) is 145 Å². The first kappa shape index (κ1) is 66.8. The molecule has 530 valence electrons. The minimum Gasteiger partial charge on any atom is -0.311 e. The van der Waals surface area contributed by atoms with Crippen LogP contribution in [0.1, 0.15) is 130 Å². The van der Waals surface area contributed by atoms with E-state index in [0.29, 0.717) is 0 Å². The minimum absolute atomic E-state index is 0.0396. The molecule has 0 amide bonds. The topological polar surface area (TPSA) is 16.3 Å². The van der Waals surface area contributed by atoms with E-state index in [1.807, 2.05) is 0 Å². The van der Waals surface area contributed by atoms with Gasteiger partial charge in [-0.25, -0.2) is 0 Å². The van der Waals surface area contributed by atoms with Crippen molar-refractivity contribution in [1.29, 1.82) is 0 Å². The van der Waals surface area contributed by atoms with Gasteiger partial charge in [0.15, 0.2) is 0 Å². The van der Waals surface area contributed by atoms with Crippen LogP contribution in [0.4, 0.5) is 34.1 Å². The number of fused-ring (bicyclic) bond motifs is 12. The number of anilines is 6. The summed E-state index contributed by atoms with van der Waals surface area (Å²) >= 11 is 0. The predicted molar refractivity (Wildman–Crippen MR) is 466 cm³/mol. The van der Waals surface area contributed by atoms with Crippen molar-refractivity contribution in [1.82, 2.24) is 9.13 Å². The second-order valence-electron chi connectivity index (χ2n) is 35.4. The van der Waals surface area contributed by atoms with E-state index < -0.39 is 0 Å². The summed E-state index contributed by atoms with van der Waals surface area (Å²) in [5.74, 6) is 0. The van der Waals surface area contributed by atoms with Crippen molar-refractivity contribution in [2.75, 3.05) is 9.80 Å². The first-order valence-electron chi connectivity index (χ1n) is 39.5. The van der Waals surface area contributed by atoms with Gasteiger partial charge in [-0.05, 0) is 244 Å². The molecule has 2 aliphatic heterocycles. The summed E-state index contributed by atoms with van der Waals surface area (Å²) < 4.78 is 5.07. The smallest absolute Gasteiger partial charge is 0.252 e. The van der Waals surface area contributed by atoms with Gasteiger partial charge in [-0.2, -0.15) is 0 Å². The fraction of sp³-hybridized carbons (Fsp3) is 0.192. The summed E-state index contributed by atoms with van der Waals surface area (Å²) in [4.78, 5) is 5.27. The number of benzene rings is 14. The molecule has 0 saturated carbocycles. The molecule has 16 aromatic rings. The molecule has 0 N–H and O–H groups in total.